The van der Waals surface area contributed by atoms with Gasteiger partial charge in [-0.25, -0.2) is 0 Å². The Bertz CT molecular complexity index is 606. The highest BCUT2D eigenvalue weighted by molar-refractivity contribution is 6.32. The van der Waals surface area contributed by atoms with Gasteiger partial charge in [-0.05, 0) is 47.6 Å². The summed E-state index contributed by atoms with van der Waals surface area (Å²) in [6.07, 6.45) is 2.33. The fraction of sp³-hybridized carbons (Fsp3) is 0.333. The van der Waals surface area contributed by atoms with E-state index < -0.39 is 0 Å². The van der Waals surface area contributed by atoms with Crippen LogP contribution >= 0.6 is 11.6 Å². The molecule has 0 aliphatic heterocycles. The molecule has 106 valence electrons. The lowest BCUT2D eigenvalue weighted by Crippen LogP contribution is -2.13. The molecular weight excluding hydrogens is 268 g/mol. The highest BCUT2D eigenvalue weighted by atomic mass is 35.5. The van der Waals surface area contributed by atoms with Crippen LogP contribution in [0.5, 0.6) is 5.75 Å². The van der Waals surface area contributed by atoms with Crippen LogP contribution in [0.4, 0.5) is 0 Å². The number of hydrogen-bond acceptors (Lipinski definition) is 1. The maximum atomic E-state index is 9.55. The summed E-state index contributed by atoms with van der Waals surface area (Å²) in [6, 6.07) is 14.2. The molecule has 2 aromatic carbocycles. The van der Waals surface area contributed by atoms with E-state index in [1.54, 1.807) is 6.07 Å². The van der Waals surface area contributed by atoms with Crippen LogP contribution in [-0.4, -0.2) is 5.11 Å². The van der Waals surface area contributed by atoms with Crippen molar-refractivity contribution < 1.29 is 5.11 Å². The second-order valence-corrected chi connectivity index (χ2v) is 5.78. The number of aromatic hydroxyl groups is 1. The molecule has 1 nitrogen and oxygen atoms in total. The number of rotatable bonds is 1. The fourth-order valence-electron chi connectivity index (χ4n) is 3.09. The van der Waals surface area contributed by atoms with Crippen LogP contribution in [0.1, 0.15) is 55.7 Å². The highest BCUT2D eigenvalue weighted by Gasteiger charge is 2.25. The normalized spacial score (nSPS) is 20.9. The van der Waals surface area contributed by atoms with Crippen molar-refractivity contribution in [3.05, 3.63) is 64.2 Å². The van der Waals surface area contributed by atoms with Gasteiger partial charge in [-0.1, -0.05) is 56.3 Å². The van der Waals surface area contributed by atoms with Crippen molar-refractivity contribution in [1.82, 2.24) is 0 Å². The molecule has 0 spiro atoms. The quantitative estimate of drug-likeness (QED) is 0.712. The van der Waals surface area contributed by atoms with E-state index in [-0.39, 0.29) is 13.2 Å². The molecule has 1 aliphatic carbocycles. The second-order valence-electron chi connectivity index (χ2n) is 5.37. The molecular formula is C18H21ClO. The molecule has 0 saturated heterocycles. The SMILES string of the molecule is C.CC1CCC(c2ccc(O)c(Cl)c2)c2ccccc21. The first kappa shape index (κ1) is 14.9. The third-order valence-electron chi connectivity index (χ3n) is 4.16. The molecule has 0 saturated carbocycles. The van der Waals surface area contributed by atoms with Crippen LogP contribution in [0.25, 0.3) is 0 Å². The van der Waals surface area contributed by atoms with Gasteiger partial charge in [0.05, 0.1) is 5.02 Å². The standard InChI is InChI=1S/C17H17ClO.CH4/c1-11-6-8-14(15-5-3-2-4-13(11)15)12-7-9-17(19)16(18)10-12;/h2-5,7,9-11,14,19H,6,8H2,1H3;1H4. The lowest BCUT2D eigenvalue weighted by atomic mass is 9.75. The highest BCUT2D eigenvalue weighted by Crippen LogP contribution is 2.42. The summed E-state index contributed by atoms with van der Waals surface area (Å²) < 4.78 is 0. The predicted molar refractivity (Wildman–Crippen MR) is 85.8 cm³/mol. The van der Waals surface area contributed by atoms with Gasteiger partial charge in [-0.3, -0.25) is 0 Å². The van der Waals surface area contributed by atoms with Crippen LogP contribution in [0, 0.1) is 0 Å². The summed E-state index contributed by atoms with van der Waals surface area (Å²) in [5.41, 5.74) is 4.05. The Morgan fingerprint density at radius 3 is 2.45 bits per heavy atom. The van der Waals surface area contributed by atoms with Gasteiger partial charge in [0, 0.05) is 5.92 Å². The minimum absolute atomic E-state index is 0. The zero-order valence-corrected chi connectivity index (χ0v) is 11.7. The van der Waals surface area contributed by atoms with Gasteiger partial charge in [0.2, 0.25) is 0 Å². The van der Waals surface area contributed by atoms with Crippen LogP contribution in [-0.2, 0) is 0 Å². The molecule has 0 radical (unpaired) electrons. The van der Waals surface area contributed by atoms with E-state index in [0.717, 1.165) is 6.42 Å². The van der Waals surface area contributed by atoms with Gasteiger partial charge in [0.25, 0.3) is 0 Å². The molecule has 0 bridgehead atoms. The van der Waals surface area contributed by atoms with Crippen LogP contribution < -0.4 is 0 Å². The third-order valence-corrected chi connectivity index (χ3v) is 4.47. The number of fused-ring (bicyclic) bond motifs is 1. The van der Waals surface area contributed by atoms with E-state index in [1.165, 1.54) is 23.1 Å². The van der Waals surface area contributed by atoms with E-state index >= 15 is 0 Å². The zero-order valence-electron chi connectivity index (χ0n) is 10.9. The van der Waals surface area contributed by atoms with Crippen LogP contribution in [0.3, 0.4) is 0 Å². The van der Waals surface area contributed by atoms with Gasteiger partial charge in [0.1, 0.15) is 5.75 Å². The number of benzene rings is 2. The maximum Gasteiger partial charge on any atom is 0.134 e. The van der Waals surface area contributed by atoms with Crippen molar-refractivity contribution in [3.8, 4) is 5.75 Å². The first-order valence-electron chi connectivity index (χ1n) is 6.74. The zero-order chi connectivity index (χ0) is 13.4. The molecule has 20 heavy (non-hydrogen) atoms. The molecule has 0 fully saturated rings. The summed E-state index contributed by atoms with van der Waals surface area (Å²) in [5, 5.41) is 9.99. The van der Waals surface area contributed by atoms with E-state index in [2.05, 4.69) is 31.2 Å². The van der Waals surface area contributed by atoms with E-state index in [0.29, 0.717) is 16.9 Å². The van der Waals surface area contributed by atoms with Crippen molar-refractivity contribution in [1.29, 1.82) is 0 Å². The number of halogens is 1. The minimum Gasteiger partial charge on any atom is -0.506 e. The van der Waals surface area contributed by atoms with Crippen molar-refractivity contribution >= 4 is 11.6 Å². The molecule has 0 heterocycles. The average molecular weight is 289 g/mol. The Morgan fingerprint density at radius 1 is 1.05 bits per heavy atom. The van der Waals surface area contributed by atoms with Gasteiger partial charge in [-0.15, -0.1) is 0 Å². The Labute approximate surface area is 126 Å². The third kappa shape index (κ3) is 2.55. The van der Waals surface area contributed by atoms with Gasteiger partial charge in [-0.2, -0.15) is 0 Å². The second kappa shape index (κ2) is 5.88. The average Bonchev–Trinajstić information content (AvgIpc) is 2.43. The monoisotopic (exact) mass is 288 g/mol. The Balaban J connectivity index is 0.00000147. The summed E-state index contributed by atoms with van der Waals surface area (Å²) in [7, 11) is 0. The number of phenolic OH excluding ortho intramolecular Hbond substituents is 1. The summed E-state index contributed by atoms with van der Waals surface area (Å²) >= 11 is 6.04. The van der Waals surface area contributed by atoms with Gasteiger partial charge < -0.3 is 5.11 Å². The van der Waals surface area contributed by atoms with Crippen molar-refractivity contribution in [3.63, 3.8) is 0 Å². The molecule has 2 unspecified atom stereocenters. The fourth-order valence-corrected chi connectivity index (χ4v) is 3.28. The minimum atomic E-state index is 0. The number of hydrogen-bond donors (Lipinski definition) is 1. The van der Waals surface area contributed by atoms with Crippen LogP contribution in [0.2, 0.25) is 5.02 Å². The molecule has 0 amide bonds. The van der Waals surface area contributed by atoms with Crippen LogP contribution in [0.15, 0.2) is 42.5 Å². The van der Waals surface area contributed by atoms with Crippen molar-refractivity contribution in [2.75, 3.05) is 0 Å². The van der Waals surface area contributed by atoms with E-state index in [1.807, 2.05) is 12.1 Å². The maximum absolute atomic E-state index is 9.55. The van der Waals surface area contributed by atoms with E-state index in [4.69, 9.17) is 11.6 Å². The largest absolute Gasteiger partial charge is 0.506 e. The van der Waals surface area contributed by atoms with Crippen molar-refractivity contribution in [2.45, 2.75) is 39.0 Å². The van der Waals surface area contributed by atoms with Crippen molar-refractivity contribution in [2.24, 2.45) is 0 Å². The molecule has 1 aliphatic rings. The Kier molecular flexibility index (Phi) is 4.39. The molecule has 2 aromatic rings. The van der Waals surface area contributed by atoms with Gasteiger partial charge in [0.15, 0.2) is 0 Å². The first-order valence-corrected chi connectivity index (χ1v) is 7.12. The molecule has 2 heteroatoms. The predicted octanol–water partition coefficient (Wildman–Crippen LogP) is 5.71. The smallest absolute Gasteiger partial charge is 0.134 e. The summed E-state index contributed by atoms with van der Waals surface area (Å²) in [4.78, 5) is 0. The molecule has 0 aromatic heterocycles. The first-order chi connectivity index (χ1) is 9.16. The lowest BCUT2D eigenvalue weighted by Gasteiger charge is -2.30. The Morgan fingerprint density at radius 2 is 1.75 bits per heavy atom. The molecule has 2 atom stereocenters. The summed E-state index contributed by atoms with van der Waals surface area (Å²) in [5.74, 6) is 1.17. The Hall–Kier alpha value is -1.47. The summed E-state index contributed by atoms with van der Waals surface area (Å²) in [6.45, 7) is 2.29. The lowest BCUT2D eigenvalue weighted by molar-refractivity contribution is 0.474. The molecule has 1 N–H and O–H groups in total. The van der Waals surface area contributed by atoms with Gasteiger partial charge >= 0.3 is 0 Å². The topological polar surface area (TPSA) is 20.2 Å². The van der Waals surface area contributed by atoms with E-state index in [9.17, 15) is 5.11 Å². The number of phenols is 1. The molecule has 3 rings (SSSR count).